The van der Waals surface area contributed by atoms with Gasteiger partial charge in [0.1, 0.15) is 0 Å². The summed E-state index contributed by atoms with van der Waals surface area (Å²) in [5, 5.41) is 0. The lowest BCUT2D eigenvalue weighted by molar-refractivity contribution is 0.103. The van der Waals surface area contributed by atoms with Crippen LogP contribution in [0.5, 0.6) is 0 Å². The second-order valence-corrected chi connectivity index (χ2v) is 9.35. The smallest absolute Gasteiger partial charge is 0.193 e. The number of fused-ring (bicyclic) bond motifs is 4. The van der Waals surface area contributed by atoms with Crippen LogP contribution in [-0.4, -0.2) is 5.78 Å². The summed E-state index contributed by atoms with van der Waals surface area (Å²) in [5.74, 6) is 4.41. The minimum Gasteiger partial charge on any atom is -0.289 e. The van der Waals surface area contributed by atoms with Crippen molar-refractivity contribution >= 4 is 5.78 Å². The lowest BCUT2D eigenvalue weighted by Crippen LogP contribution is -2.07. The normalized spacial score (nSPS) is 34.4. The zero-order chi connectivity index (χ0) is 18.7. The average molecular weight is 367 g/mol. The molecule has 140 valence electrons. The van der Waals surface area contributed by atoms with Crippen molar-refractivity contribution in [1.82, 2.24) is 0 Å². The summed E-state index contributed by atoms with van der Waals surface area (Å²) in [6.07, 6.45) is 14.7. The van der Waals surface area contributed by atoms with E-state index in [1.165, 1.54) is 36.8 Å². The molecule has 0 N–H and O–H groups in total. The van der Waals surface area contributed by atoms with E-state index in [9.17, 15) is 4.79 Å². The number of carbonyl (C=O) groups is 1. The van der Waals surface area contributed by atoms with Crippen molar-refractivity contribution in [3.05, 3.63) is 95.1 Å². The van der Waals surface area contributed by atoms with E-state index < -0.39 is 0 Å². The van der Waals surface area contributed by atoms with Crippen LogP contribution in [0.2, 0.25) is 0 Å². The first kappa shape index (κ1) is 16.5. The van der Waals surface area contributed by atoms with E-state index in [-0.39, 0.29) is 5.78 Å². The maximum absolute atomic E-state index is 12.9. The number of benzene rings is 2. The van der Waals surface area contributed by atoms with Gasteiger partial charge in [0.05, 0.1) is 0 Å². The highest BCUT2D eigenvalue weighted by Gasteiger charge is 2.37. The first-order valence-electron chi connectivity index (χ1n) is 10.9. The van der Waals surface area contributed by atoms with Gasteiger partial charge >= 0.3 is 0 Å². The van der Waals surface area contributed by atoms with Crippen molar-refractivity contribution in [3.8, 4) is 0 Å². The van der Waals surface area contributed by atoms with Gasteiger partial charge in [-0.15, -0.1) is 0 Å². The standard InChI is InChI=1S/C27H26O/c28-27(21-9-5-19(6-10-21)25-15-17-1-3-23(25)13-17)22-11-7-20(8-12-22)26-16-18-2-4-24(26)14-18/h1-12,17-18,23-26H,13-16H2. The minimum atomic E-state index is 0.138. The van der Waals surface area contributed by atoms with Gasteiger partial charge in [0, 0.05) is 11.1 Å². The molecule has 2 aromatic rings. The van der Waals surface area contributed by atoms with Crippen molar-refractivity contribution in [2.24, 2.45) is 23.7 Å². The van der Waals surface area contributed by atoms with Gasteiger partial charge in [-0.25, -0.2) is 0 Å². The third-order valence-corrected chi connectivity index (χ3v) is 7.76. The molecule has 1 heteroatoms. The summed E-state index contributed by atoms with van der Waals surface area (Å²) >= 11 is 0. The van der Waals surface area contributed by atoms with Crippen LogP contribution in [0.1, 0.15) is 64.6 Å². The van der Waals surface area contributed by atoms with Gasteiger partial charge in [-0.1, -0.05) is 72.8 Å². The Kier molecular flexibility index (Phi) is 3.72. The molecule has 2 aromatic carbocycles. The highest BCUT2D eigenvalue weighted by molar-refractivity contribution is 6.09. The SMILES string of the molecule is O=C(c1ccc(C2CC3C=CC2C3)cc1)c1ccc(C2CC3C=CC2C3)cc1. The second kappa shape index (κ2) is 6.30. The average Bonchev–Trinajstić information content (AvgIpc) is 3.55. The van der Waals surface area contributed by atoms with Gasteiger partial charge in [0.15, 0.2) is 5.78 Å². The van der Waals surface area contributed by atoms with Crippen LogP contribution in [0, 0.1) is 23.7 Å². The lowest BCUT2D eigenvalue weighted by atomic mass is 9.85. The van der Waals surface area contributed by atoms with Crippen LogP contribution in [0.3, 0.4) is 0 Å². The molecule has 6 rings (SSSR count). The van der Waals surface area contributed by atoms with E-state index in [2.05, 4.69) is 48.6 Å². The fourth-order valence-electron chi connectivity index (χ4n) is 6.26. The van der Waals surface area contributed by atoms with E-state index >= 15 is 0 Å². The van der Waals surface area contributed by atoms with E-state index in [0.29, 0.717) is 23.7 Å². The minimum absolute atomic E-state index is 0.138. The molecule has 4 aliphatic rings. The van der Waals surface area contributed by atoms with Gasteiger partial charge in [0.25, 0.3) is 0 Å². The zero-order valence-corrected chi connectivity index (χ0v) is 16.1. The van der Waals surface area contributed by atoms with E-state index in [1.54, 1.807) is 0 Å². The van der Waals surface area contributed by atoms with Crippen LogP contribution < -0.4 is 0 Å². The third kappa shape index (κ3) is 2.64. The zero-order valence-electron chi connectivity index (χ0n) is 16.1. The monoisotopic (exact) mass is 366 g/mol. The van der Waals surface area contributed by atoms with Gasteiger partial charge in [-0.05, 0) is 72.3 Å². The number of hydrogen-bond acceptors (Lipinski definition) is 1. The summed E-state index contributed by atoms with van der Waals surface area (Å²) in [6.45, 7) is 0. The molecule has 2 saturated carbocycles. The second-order valence-electron chi connectivity index (χ2n) is 9.35. The predicted molar refractivity (Wildman–Crippen MR) is 113 cm³/mol. The van der Waals surface area contributed by atoms with E-state index in [4.69, 9.17) is 0 Å². The molecule has 0 spiro atoms. The highest BCUT2D eigenvalue weighted by Crippen LogP contribution is 2.49. The van der Waals surface area contributed by atoms with Crippen LogP contribution in [-0.2, 0) is 0 Å². The van der Waals surface area contributed by atoms with Crippen LogP contribution in [0.15, 0.2) is 72.8 Å². The fourth-order valence-corrected chi connectivity index (χ4v) is 6.26. The molecule has 0 saturated heterocycles. The van der Waals surface area contributed by atoms with Crippen molar-refractivity contribution in [3.63, 3.8) is 0 Å². The summed E-state index contributed by atoms with van der Waals surface area (Å²) in [4.78, 5) is 12.9. The number of allylic oxidation sites excluding steroid dienone is 4. The van der Waals surface area contributed by atoms with Crippen molar-refractivity contribution in [1.29, 1.82) is 0 Å². The van der Waals surface area contributed by atoms with Crippen molar-refractivity contribution < 1.29 is 4.79 Å². The first-order valence-corrected chi connectivity index (χ1v) is 10.9. The van der Waals surface area contributed by atoms with E-state index in [1.807, 2.05) is 24.3 Å². The topological polar surface area (TPSA) is 17.1 Å². The molecule has 6 atom stereocenters. The maximum Gasteiger partial charge on any atom is 0.193 e. The molecule has 6 unspecified atom stereocenters. The van der Waals surface area contributed by atoms with Gasteiger partial charge in [0.2, 0.25) is 0 Å². The third-order valence-electron chi connectivity index (χ3n) is 7.76. The number of ketones is 1. The molecular weight excluding hydrogens is 340 g/mol. The highest BCUT2D eigenvalue weighted by atomic mass is 16.1. The molecule has 4 aliphatic carbocycles. The molecule has 0 radical (unpaired) electrons. The molecule has 4 bridgehead atoms. The predicted octanol–water partition coefficient (Wildman–Crippen LogP) is 6.28. The first-order chi connectivity index (χ1) is 13.7. The van der Waals surface area contributed by atoms with Crippen LogP contribution >= 0.6 is 0 Å². The van der Waals surface area contributed by atoms with E-state index in [0.717, 1.165) is 23.0 Å². The fraction of sp³-hybridized carbons (Fsp3) is 0.370. The molecule has 2 fully saturated rings. The molecule has 0 heterocycles. The van der Waals surface area contributed by atoms with Gasteiger partial charge in [-0.3, -0.25) is 4.79 Å². The number of rotatable bonds is 4. The molecular formula is C27H26O. The maximum atomic E-state index is 12.9. The van der Waals surface area contributed by atoms with Gasteiger partial charge in [-0.2, -0.15) is 0 Å². The Morgan fingerprint density at radius 3 is 1.32 bits per heavy atom. The molecule has 0 aromatic heterocycles. The Labute approximate surface area is 167 Å². The molecule has 28 heavy (non-hydrogen) atoms. The number of hydrogen-bond donors (Lipinski definition) is 0. The Morgan fingerprint density at radius 1 is 0.571 bits per heavy atom. The summed E-state index contributed by atoms with van der Waals surface area (Å²) in [6, 6.07) is 16.9. The summed E-state index contributed by atoms with van der Waals surface area (Å²) < 4.78 is 0. The Balaban J connectivity index is 1.18. The van der Waals surface area contributed by atoms with Gasteiger partial charge < -0.3 is 0 Å². The largest absolute Gasteiger partial charge is 0.289 e. The van der Waals surface area contributed by atoms with Crippen molar-refractivity contribution in [2.45, 2.75) is 37.5 Å². The number of carbonyl (C=O) groups excluding carboxylic acids is 1. The summed E-state index contributed by atoms with van der Waals surface area (Å²) in [5.41, 5.74) is 4.40. The van der Waals surface area contributed by atoms with Crippen LogP contribution in [0.4, 0.5) is 0 Å². The molecule has 0 amide bonds. The summed E-state index contributed by atoms with van der Waals surface area (Å²) in [7, 11) is 0. The Morgan fingerprint density at radius 2 is 1.00 bits per heavy atom. The van der Waals surface area contributed by atoms with Crippen molar-refractivity contribution in [2.75, 3.05) is 0 Å². The molecule has 0 aliphatic heterocycles. The van der Waals surface area contributed by atoms with Crippen LogP contribution in [0.25, 0.3) is 0 Å². The quantitative estimate of drug-likeness (QED) is 0.460. The Hall–Kier alpha value is -2.41. The lowest BCUT2D eigenvalue weighted by Gasteiger charge is -2.19. The Bertz CT molecular complexity index is 883. The molecule has 1 nitrogen and oxygen atoms in total.